The Morgan fingerprint density at radius 2 is 0.541 bits per heavy atom. The van der Waals surface area contributed by atoms with Crippen LogP contribution in [0.15, 0.2) is 285 Å². The molecular weight excluding hydrogens is 939 g/mol. The molecule has 8 bridgehead atoms. The Hall–Kier alpha value is -9.06. The topological polar surface area (TPSA) is 57.4 Å². The van der Waals surface area contributed by atoms with Crippen molar-refractivity contribution in [2.75, 3.05) is 0 Å². The molecule has 8 aromatic carbocycles. The van der Waals surface area contributed by atoms with Crippen molar-refractivity contribution < 1.29 is 17.1 Å². The van der Waals surface area contributed by atoms with Crippen molar-refractivity contribution in [3.63, 3.8) is 0 Å². The molecule has 11 aromatic rings. The monoisotopic (exact) mass is 991 g/mol. The molecule has 0 aliphatic carbocycles. The Bertz CT molecular complexity index is 3000. The molecule has 0 saturated carbocycles. The van der Waals surface area contributed by atoms with Crippen molar-refractivity contribution >= 4 is 74.4 Å². The molecule has 2 N–H and O–H groups in total. The van der Waals surface area contributed by atoms with Crippen LogP contribution in [0.5, 0.6) is 0 Å². The van der Waals surface area contributed by atoms with E-state index in [1.807, 2.05) is 188 Å². The van der Waals surface area contributed by atoms with Gasteiger partial charge in [-0.3, -0.25) is 0 Å². The quantitative estimate of drug-likeness (QED) is 0.136. The fraction of sp³-hybridized carbons (Fsp3) is 0. The molecule has 74 heavy (non-hydrogen) atoms. The van der Waals surface area contributed by atoms with Gasteiger partial charge in [-0.15, -0.1) is 18.2 Å². The second-order valence-corrected chi connectivity index (χ2v) is 16.6. The minimum Gasteiger partial charge on any atom is -0.379 e. The minimum absolute atomic E-state index is 0. The van der Waals surface area contributed by atoms with E-state index in [-0.39, 0.29) is 17.1 Å². The molecule has 0 atom stereocenters. The maximum atomic E-state index is 4.61. The number of hydrogen-bond acceptors (Lipinski definition) is 2. The van der Waals surface area contributed by atoms with Gasteiger partial charge in [-0.05, 0) is 42.5 Å². The first kappa shape index (κ1) is 52.8. The summed E-state index contributed by atoms with van der Waals surface area (Å²) in [6.07, 6.45) is 6.80. The van der Waals surface area contributed by atoms with Crippen LogP contribution in [0.3, 0.4) is 0 Å². The minimum atomic E-state index is -1.22. The first-order valence-electron chi connectivity index (χ1n) is 24.2. The molecule has 0 spiro atoms. The van der Waals surface area contributed by atoms with Gasteiger partial charge in [-0.25, -0.2) is 9.97 Å². The van der Waals surface area contributed by atoms with Gasteiger partial charge in [0, 0.05) is 28.1 Å². The molecule has 0 amide bonds. The Kier molecular flexibility index (Phi) is 20.9. The van der Waals surface area contributed by atoms with E-state index >= 15 is 0 Å². The van der Waals surface area contributed by atoms with Gasteiger partial charge < -0.3 is 9.97 Å². The average molecular weight is 992 g/mol. The second kappa shape index (κ2) is 29.3. The van der Waals surface area contributed by atoms with Crippen LogP contribution in [0.4, 0.5) is 0 Å². The standard InChI is InChI=1S/C24H20B.C20H13N4.4C6H5.Mn/c1-5-13-21(14-6-1)25(22-15-7-2-8-16-22,23-17-9-3-10-18-23)24-19-11-4-12-20-24;1-2-14-10-16-5-6-18(23-16)12-20-8-7-19(24-20)11-17-4-3-15(22-17)9-13(1)21-14;4*1-2-4-6-5-3-1;/h1-20H;1-11,23-24H;4*1-5H;/q6*-1;. The number of nitrogens with zero attached hydrogens (tertiary/aromatic N) is 2. The van der Waals surface area contributed by atoms with Crippen molar-refractivity contribution in [2.24, 2.45) is 0 Å². The molecule has 1 radical (unpaired) electrons. The van der Waals surface area contributed by atoms with Crippen LogP contribution in [0.1, 0.15) is 22.8 Å². The normalized spacial score (nSPS) is 10.5. The Balaban J connectivity index is 0.000000148. The number of nitrogens with one attached hydrogen (secondary N) is 2. The zero-order chi connectivity index (χ0) is 49.9. The summed E-state index contributed by atoms with van der Waals surface area (Å²) in [6.45, 7) is 0. The van der Waals surface area contributed by atoms with Crippen LogP contribution in [0.25, 0.3) is 46.4 Å². The van der Waals surface area contributed by atoms with Crippen molar-refractivity contribution in [2.45, 2.75) is 0 Å². The summed E-state index contributed by atoms with van der Waals surface area (Å²) in [4.78, 5) is 15.9. The Labute approximate surface area is 447 Å². The summed E-state index contributed by atoms with van der Waals surface area (Å²) in [5.41, 5.74) is 12.9. The maximum Gasteiger partial charge on any atom is 0.108 e. The summed E-state index contributed by atoms with van der Waals surface area (Å²) >= 11 is 0. The van der Waals surface area contributed by atoms with Gasteiger partial charge in [-0.1, -0.05) is 144 Å². The Morgan fingerprint density at radius 3 is 0.784 bits per heavy atom. The number of fused-ring (bicyclic) bond motifs is 8. The van der Waals surface area contributed by atoms with E-state index in [0.29, 0.717) is 0 Å². The number of hydrogen-bond donors (Lipinski definition) is 2. The predicted octanol–water partition coefficient (Wildman–Crippen LogP) is 13.5. The maximum absolute atomic E-state index is 4.61. The van der Waals surface area contributed by atoms with Crippen molar-refractivity contribution in [3.05, 3.63) is 338 Å². The largest absolute Gasteiger partial charge is 0.379 e. The average Bonchev–Trinajstić information content (AvgIpc) is 4.33. The van der Waals surface area contributed by atoms with Crippen LogP contribution in [-0.4, -0.2) is 26.1 Å². The molecule has 6 heteroatoms. The molecule has 2 aliphatic rings. The smallest absolute Gasteiger partial charge is 0.108 e. The van der Waals surface area contributed by atoms with Crippen LogP contribution in [-0.2, 0) is 17.1 Å². The van der Waals surface area contributed by atoms with Gasteiger partial charge in [-0.2, -0.15) is 167 Å². The predicted molar refractivity (Wildman–Crippen MR) is 309 cm³/mol. The second-order valence-electron chi connectivity index (χ2n) is 16.6. The third kappa shape index (κ3) is 16.0. The molecule has 3 aromatic heterocycles. The van der Waals surface area contributed by atoms with Crippen LogP contribution in [0.2, 0.25) is 0 Å². The van der Waals surface area contributed by atoms with Crippen LogP contribution >= 0.6 is 0 Å². The third-order valence-electron chi connectivity index (χ3n) is 11.6. The molecule has 361 valence electrons. The SMILES string of the molecule is [Mn].[c-]1c2ccc(cc3nc(cc4nc(cc5ccc1[nH]5)C=C4)C=C3)[nH]2.[c-]1ccccc1.[c-]1ccccc1.[c-]1ccccc1.[c-]1ccccc1.c1ccc([B-](c2ccccc2)(c2ccccc2)c2ccccc2)cc1. The molecular formula is C68H53BMnN4-6. The first-order valence-corrected chi connectivity index (χ1v) is 24.2. The van der Waals surface area contributed by atoms with Crippen molar-refractivity contribution in [1.29, 1.82) is 0 Å². The number of H-pyrrole nitrogens is 2. The van der Waals surface area contributed by atoms with E-state index in [1.165, 1.54) is 21.9 Å². The van der Waals surface area contributed by atoms with E-state index in [4.69, 9.17) is 0 Å². The van der Waals surface area contributed by atoms with E-state index in [9.17, 15) is 0 Å². The summed E-state index contributed by atoms with van der Waals surface area (Å²) in [5, 5.41) is 0. The van der Waals surface area contributed by atoms with Crippen LogP contribution in [0, 0.1) is 30.3 Å². The molecule has 0 fully saturated rings. The zero-order valence-electron chi connectivity index (χ0n) is 40.8. The van der Waals surface area contributed by atoms with Gasteiger partial charge in [0.2, 0.25) is 0 Å². The molecule has 5 heterocycles. The first-order chi connectivity index (χ1) is 36.2. The molecule has 13 rings (SSSR count). The number of benzene rings is 8. The van der Waals surface area contributed by atoms with Gasteiger partial charge in [0.1, 0.15) is 6.15 Å². The zero-order valence-corrected chi connectivity index (χ0v) is 42.0. The molecule has 2 aliphatic heterocycles. The van der Waals surface area contributed by atoms with Gasteiger partial charge in [0.15, 0.2) is 0 Å². The summed E-state index contributed by atoms with van der Waals surface area (Å²) in [6, 6.07) is 111. The fourth-order valence-corrected chi connectivity index (χ4v) is 8.35. The summed E-state index contributed by atoms with van der Waals surface area (Å²) in [5.74, 6) is 0. The number of aromatic nitrogens is 4. The van der Waals surface area contributed by atoms with E-state index in [2.05, 4.69) is 172 Å². The molecule has 0 unspecified atom stereocenters. The summed E-state index contributed by atoms with van der Waals surface area (Å²) in [7, 11) is 0. The van der Waals surface area contributed by atoms with Gasteiger partial charge in [0.05, 0.1) is 22.8 Å². The Morgan fingerprint density at radius 1 is 0.284 bits per heavy atom. The van der Waals surface area contributed by atoms with E-state index in [0.717, 1.165) is 44.8 Å². The van der Waals surface area contributed by atoms with Crippen LogP contribution < -0.4 is 21.9 Å². The van der Waals surface area contributed by atoms with Crippen molar-refractivity contribution in [1.82, 2.24) is 19.9 Å². The fourth-order valence-electron chi connectivity index (χ4n) is 8.35. The molecule has 4 nitrogen and oxygen atoms in total. The third-order valence-corrected chi connectivity index (χ3v) is 11.6. The number of aromatic amines is 2. The van der Waals surface area contributed by atoms with Crippen molar-refractivity contribution in [3.8, 4) is 0 Å². The summed E-state index contributed by atoms with van der Waals surface area (Å²) < 4.78 is 0. The number of rotatable bonds is 4. The van der Waals surface area contributed by atoms with Gasteiger partial charge >= 0.3 is 0 Å². The van der Waals surface area contributed by atoms with E-state index < -0.39 is 6.15 Å². The molecule has 0 saturated heterocycles. The van der Waals surface area contributed by atoms with E-state index in [1.54, 1.807) is 0 Å². The van der Waals surface area contributed by atoms with Gasteiger partial charge in [0.25, 0.3) is 0 Å².